The molecule has 1 atom stereocenters. The second-order valence-corrected chi connectivity index (χ2v) is 4.68. The van der Waals surface area contributed by atoms with Crippen LogP contribution in [0.2, 0.25) is 0 Å². The lowest BCUT2D eigenvalue weighted by Gasteiger charge is -2.18. The van der Waals surface area contributed by atoms with Gasteiger partial charge in [0.25, 0.3) is 5.91 Å². The standard InChI is InChI=1S/C12H20N2O3/c1-7(2)5-10(6-15)13-12(16)11-8(3)14-17-9(11)4/h7,10,15H,5-6H2,1-4H3,(H,13,16). The van der Waals surface area contributed by atoms with Crippen LogP contribution in [-0.4, -0.2) is 28.8 Å². The van der Waals surface area contributed by atoms with Crippen LogP contribution in [-0.2, 0) is 0 Å². The Balaban J connectivity index is 2.71. The molecule has 1 amide bonds. The highest BCUT2D eigenvalue weighted by Crippen LogP contribution is 2.13. The maximum atomic E-state index is 12.0. The maximum absolute atomic E-state index is 12.0. The molecule has 0 aliphatic heterocycles. The third-order valence-electron chi connectivity index (χ3n) is 2.57. The first kappa shape index (κ1) is 13.7. The molecular formula is C12H20N2O3. The van der Waals surface area contributed by atoms with Crippen LogP contribution >= 0.6 is 0 Å². The molecule has 2 N–H and O–H groups in total. The van der Waals surface area contributed by atoms with Gasteiger partial charge in [-0.1, -0.05) is 19.0 Å². The van der Waals surface area contributed by atoms with Crippen molar-refractivity contribution in [2.75, 3.05) is 6.61 Å². The highest BCUT2D eigenvalue weighted by Gasteiger charge is 2.20. The van der Waals surface area contributed by atoms with Gasteiger partial charge in [0.2, 0.25) is 0 Å². The number of aliphatic hydroxyl groups excluding tert-OH is 1. The van der Waals surface area contributed by atoms with Crippen molar-refractivity contribution in [3.8, 4) is 0 Å². The number of aryl methyl sites for hydroxylation is 2. The van der Waals surface area contributed by atoms with Crippen molar-refractivity contribution in [3.63, 3.8) is 0 Å². The van der Waals surface area contributed by atoms with Gasteiger partial charge in [0.05, 0.1) is 18.3 Å². The second-order valence-electron chi connectivity index (χ2n) is 4.68. The molecule has 0 saturated carbocycles. The summed E-state index contributed by atoms with van der Waals surface area (Å²) in [5.41, 5.74) is 1.04. The van der Waals surface area contributed by atoms with Crippen LogP contribution in [0.4, 0.5) is 0 Å². The largest absolute Gasteiger partial charge is 0.394 e. The molecule has 0 radical (unpaired) electrons. The van der Waals surface area contributed by atoms with Gasteiger partial charge in [-0.3, -0.25) is 4.79 Å². The normalized spacial score (nSPS) is 12.8. The van der Waals surface area contributed by atoms with Crippen molar-refractivity contribution in [1.82, 2.24) is 10.5 Å². The third-order valence-corrected chi connectivity index (χ3v) is 2.57. The Hall–Kier alpha value is -1.36. The van der Waals surface area contributed by atoms with Crippen LogP contribution in [0, 0.1) is 19.8 Å². The summed E-state index contributed by atoms with van der Waals surface area (Å²) in [6, 6.07) is -0.226. The zero-order valence-electron chi connectivity index (χ0n) is 10.8. The molecule has 1 heterocycles. The molecule has 1 rings (SSSR count). The average Bonchev–Trinajstić information content (AvgIpc) is 2.56. The van der Waals surface area contributed by atoms with Crippen molar-refractivity contribution in [3.05, 3.63) is 17.0 Å². The number of carbonyl (C=O) groups excluding carboxylic acids is 1. The lowest BCUT2D eigenvalue weighted by Crippen LogP contribution is -2.38. The molecule has 0 aliphatic rings. The number of nitrogens with zero attached hydrogens (tertiary/aromatic N) is 1. The number of nitrogens with one attached hydrogen (secondary N) is 1. The van der Waals surface area contributed by atoms with E-state index in [0.717, 1.165) is 6.42 Å². The van der Waals surface area contributed by atoms with E-state index in [-0.39, 0.29) is 18.6 Å². The number of rotatable bonds is 5. The van der Waals surface area contributed by atoms with Gasteiger partial charge in [0, 0.05) is 0 Å². The summed E-state index contributed by atoms with van der Waals surface area (Å²) in [5, 5.41) is 15.7. The number of hydrogen-bond acceptors (Lipinski definition) is 4. The van der Waals surface area contributed by atoms with Gasteiger partial charge in [-0.05, 0) is 26.2 Å². The zero-order valence-corrected chi connectivity index (χ0v) is 10.8. The SMILES string of the molecule is Cc1noc(C)c1C(=O)NC(CO)CC(C)C. The van der Waals surface area contributed by atoms with E-state index < -0.39 is 0 Å². The number of hydrogen-bond donors (Lipinski definition) is 2. The highest BCUT2D eigenvalue weighted by atomic mass is 16.5. The summed E-state index contributed by atoms with van der Waals surface area (Å²) in [6.07, 6.45) is 0.742. The van der Waals surface area contributed by atoms with Crippen LogP contribution in [0.25, 0.3) is 0 Å². The van der Waals surface area contributed by atoms with E-state index in [9.17, 15) is 9.90 Å². The number of aromatic nitrogens is 1. The zero-order chi connectivity index (χ0) is 13.0. The van der Waals surface area contributed by atoms with Gasteiger partial charge in [0.1, 0.15) is 11.3 Å². The summed E-state index contributed by atoms with van der Waals surface area (Å²) in [7, 11) is 0. The van der Waals surface area contributed by atoms with Crippen molar-refractivity contribution in [2.45, 2.75) is 40.2 Å². The van der Waals surface area contributed by atoms with Crippen molar-refractivity contribution >= 4 is 5.91 Å². The average molecular weight is 240 g/mol. The second kappa shape index (κ2) is 5.82. The van der Waals surface area contributed by atoms with E-state index >= 15 is 0 Å². The Kier molecular flexibility index (Phi) is 4.69. The van der Waals surface area contributed by atoms with Crippen LogP contribution in [0.1, 0.15) is 42.1 Å². The first-order chi connectivity index (χ1) is 7.95. The molecule has 17 heavy (non-hydrogen) atoms. The molecule has 0 aliphatic carbocycles. The topological polar surface area (TPSA) is 75.4 Å². The van der Waals surface area contributed by atoms with E-state index in [1.807, 2.05) is 13.8 Å². The fourth-order valence-corrected chi connectivity index (χ4v) is 1.81. The van der Waals surface area contributed by atoms with Crippen molar-refractivity contribution in [1.29, 1.82) is 0 Å². The Morgan fingerprint density at radius 1 is 1.47 bits per heavy atom. The fraction of sp³-hybridized carbons (Fsp3) is 0.667. The summed E-state index contributed by atoms with van der Waals surface area (Å²) in [4.78, 5) is 12.0. The van der Waals surface area contributed by atoms with E-state index in [0.29, 0.717) is 22.9 Å². The fourth-order valence-electron chi connectivity index (χ4n) is 1.81. The van der Waals surface area contributed by atoms with Gasteiger partial charge in [-0.25, -0.2) is 0 Å². The summed E-state index contributed by atoms with van der Waals surface area (Å²) >= 11 is 0. The minimum Gasteiger partial charge on any atom is -0.394 e. The Bertz CT molecular complexity index is 366. The quantitative estimate of drug-likeness (QED) is 0.816. The van der Waals surface area contributed by atoms with Gasteiger partial charge in [-0.15, -0.1) is 0 Å². The minimum absolute atomic E-state index is 0.0622. The van der Waals surface area contributed by atoms with Crippen molar-refractivity contribution < 1.29 is 14.4 Å². The molecule has 0 spiro atoms. The summed E-state index contributed by atoms with van der Waals surface area (Å²) in [6.45, 7) is 7.45. The molecule has 96 valence electrons. The smallest absolute Gasteiger partial charge is 0.257 e. The van der Waals surface area contributed by atoms with Gasteiger partial charge in [0.15, 0.2) is 0 Å². The molecule has 1 aromatic rings. The van der Waals surface area contributed by atoms with Gasteiger partial charge < -0.3 is 14.9 Å². The monoisotopic (exact) mass is 240 g/mol. The molecule has 0 aromatic carbocycles. The van der Waals surface area contributed by atoms with E-state index in [1.165, 1.54) is 0 Å². The molecule has 1 unspecified atom stereocenters. The van der Waals surface area contributed by atoms with Gasteiger partial charge >= 0.3 is 0 Å². The van der Waals surface area contributed by atoms with Crippen LogP contribution in [0.3, 0.4) is 0 Å². The Morgan fingerprint density at radius 3 is 2.53 bits per heavy atom. The van der Waals surface area contributed by atoms with Crippen LogP contribution < -0.4 is 5.32 Å². The molecule has 1 aromatic heterocycles. The number of amides is 1. The number of aliphatic hydroxyl groups is 1. The Morgan fingerprint density at radius 2 is 2.12 bits per heavy atom. The number of carbonyl (C=O) groups is 1. The minimum atomic E-state index is -0.235. The van der Waals surface area contributed by atoms with Gasteiger partial charge in [-0.2, -0.15) is 0 Å². The first-order valence-electron chi connectivity index (χ1n) is 5.80. The molecule has 5 nitrogen and oxygen atoms in total. The first-order valence-corrected chi connectivity index (χ1v) is 5.80. The maximum Gasteiger partial charge on any atom is 0.257 e. The van der Waals surface area contributed by atoms with Crippen LogP contribution in [0.15, 0.2) is 4.52 Å². The molecular weight excluding hydrogens is 220 g/mol. The molecule has 0 bridgehead atoms. The Labute approximate surface area is 101 Å². The lowest BCUT2D eigenvalue weighted by molar-refractivity contribution is 0.0906. The van der Waals surface area contributed by atoms with Crippen molar-refractivity contribution in [2.24, 2.45) is 5.92 Å². The summed E-state index contributed by atoms with van der Waals surface area (Å²) < 4.78 is 4.94. The molecule has 0 fully saturated rings. The van der Waals surface area contributed by atoms with Crippen LogP contribution in [0.5, 0.6) is 0 Å². The lowest BCUT2D eigenvalue weighted by atomic mass is 10.0. The highest BCUT2D eigenvalue weighted by molar-refractivity contribution is 5.96. The molecule has 5 heteroatoms. The molecule has 0 saturated heterocycles. The predicted molar refractivity (Wildman–Crippen MR) is 63.8 cm³/mol. The summed E-state index contributed by atoms with van der Waals surface area (Å²) in [5.74, 6) is 0.680. The van der Waals surface area contributed by atoms with E-state index in [1.54, 1.807) is 13.8 Å². The third kappa shape index (κ3) is 3.56. The van der Waals surface area contributed by atoms with E-state index in [4.69, 9.17) is 4.52 Å². The predicted octanol–water partition coefficient (Wildman–Crippen LogP) is 1.43. The van der Waals surface area contributed by atoms with E-state index in [2.05, 4.69) is 10.5 Å².